The van der Waals surface area contributed by atoms with Crippen molar-refractivity contribution in [1.82, 2.24) is 20.4 Å². The van der Waals surface area contributed by atoms with E-state index in [0.29, 0.717) is 30.8 Å². The maximum atomic E-state index is 13.2. The number of nitrogens with one attached hydrogen (secondary N) is 1. The molecule has 0 radical (unpaired) electrons. The highest BCUT2D eigenvalue weighted by atomic mass is 127. The molecule has 1 aromatic heterocycles. The van der Waals surface area contributed by atoms with Crippen LogP contribution in [-0.2, 0) is 13.1 Å². The van der Waals surface area contributed by atoms with Crippen LogP contribution in [0.3, 0.4) is 0 Å². The van der Waals surface area contributed by atoms with E-state index >= 15 is 0 Å². The van der Waals surface area contributed by atoms with Crippen molar-refractivity contribution in [2.75, 3.05) is 13.6 Å². The Morgan fingerprint density at radius 1 is 1.43 bits per heavy atom. The molecule has 1 N–H and O–H groups in total. The Morgan fingerprint density at radius 2 is 2.22 bits per heavy atom. The highest BCUT2D eigenvalue weighted by Gasteiger charge is 2.08. The molecule has 0 bridgehead atoms. The number of nitrogens with zero attached hydrogens (tertiary/aromatic N) is 4. The zero-order chi connectivity index (χ0) is 15.9. The predicted molar refractivity (Wildman–Crippen MR) is 97.1 cm³/mol. The van der Waals surface area contributed by atoms with Gasteiger partial charge in [0.05, 0.1) is 0 Å². The van der Waals surface area contributed by atoms with Crippen LogP contribution in [0.25, 0.3) is 0 Å². The van der Waals surface area contributed by atoms with Crippen LogP contribution in [-0.4, -0.2) is 34.6 Å². The van der Waals surface area contributed by atoms with Gasteiger partial charge in [-0.1, -0.05) is 17.3 Å². The van der Waals surface area contributed by atoms with Crippen molar-refractivity contribution >= 4 is 29.9 Å². The van der Waals surface area contributed by atoms with Crippen LogP contribution in [0, 0.1) is 12.7 Å². The van der Waals surface area contributed by atoms with Gasteiger partial charge >= 0.3 is 0 Å². The summed E-state index contributed by atoms with van der Waals surface area (Å²) in [6, 6.07) is 6.53. The standard InChI is InChI=1S/C15H20FN5O.HI/c1-4-17-15(18-9-14-19-11(2)22-20-14)21(3)10-12-6-5-7-13(16)8-12;/h5-8H,4,9-10H2,1-3H3,(H,17,18);1H. The van der Waals surface area contributed by atoms with Crippen LogP contribution >= 0.6 is 24.0 Å². The second kappa shape index (κ2) is 9.43. The quantitative estimate of drug-likeness (QED) is 0.447. The summed E-state index contributed by atoms with van der Waals surface area (Å²) in [4.78, 5) is 10.5. The van der Waals surface area contributed by atoms with Gasteiger partial charge in [0.25, 0.3) is 0 Å². The van der Waals surface area contributed by atoms with Gasteiger partial charge in [-0.05, 0) is 24.6 Å². The second-order valence-corrected chi connectivity index (χ2v) is 4.89. The van der Waals surface area contributed by atoms with Crippen LogP contribution in [0.5, 0.6) is 0 Å². The van der Waals surface area contributed by atoms with Crippen LogP contribution in [0.2, 0.25) is 0 Å². The summed E-state index contributed by atoms with van der Waals surface area (Å²) in [6.45, 7) is 5.34. The number of guanidine groups is 1. The lowest BCUT2D eigenvalue weighted by Crippen LogP contribution is -2.38. The van der Waals surface area contributed by atoms with Crippen molar-refractivity contribution in [3.05, 3.63) is 47.4 Å². The fraction of sp³-hybridized carbons (Fsp3) is 0.400. The highest BCUT2D eigenvalue weighted by molar-refractivity contribution is 14.0. The lowest BCUT2D eigenvalue weighted by molar-refractivity contribution is 0.387. The molecule has 0 unspecified atom stereocenters. The van der Waals surface area contributed by atoms with Crippen LogP contribution in [0.15, 0.2) is 33.8 Å². The Morgan fingerprint density at radius 3 is 2.83 bits per heavy atom. The number of rotatable bonds is 5. The van der Waals surface area contributed by atoms with E-state index in [4.69, 9.17) is 4.52 Å². The third-order valence-corrected chi connectivity index (χ3v) is 2.95. The third kappa shape index (κ3) is 6.12. The monoisotopic (exact) mass is 433 g/mol. The summed E-state index contributed by atoms with van der Waals surface area (Å²) in [5, 5.41) is 7.00. The average Bonchev–Trinajstić information content (AvgIpc) is 2.89. The van der Waals surface area contributed by atoms with Gasteiger partial charge in [0, 0.05) is 27.1 Å². The lowest BCUT2D eigenvalue weighted by atomic mass is 10.2. The molecule has 0 saturated heterocycles. The predicted octanol–water partition coefficient (Wildman–Crippen LogP) is 2.73. The minimum atomic E-state index is -0.241. The van der Waals surface area contributed by atoms with Crippen molar-refractivity contribution in [2.45, 2.75) is 26.9 Å². The topological polar surface area (TPSA) is 66.5 Å². The molecule has 0 fully saturated rings. The summed E-state index contributed by atoms with van der Waals surface area (Å²) in [6.07, 6.45) is 0. The molecule has 1 heterocycles. The number of halogens is 2. The first-order chi connectivity index (χ1) is 10.6. The maximum absolute atomic E-state index is 13.2. The van der Waals surface area contributed by atoms with Gasteiger partial charge in [-0.15, -0.1) is 24.0 Å². The summed E-state index contributed by atoms with van der Waals surface area (Å²) in [5.41, 5.74) is 0.878. The molecule has 0 spiro atoms. The molecule has 0 saturated carbocycles. The molecule has 8 heteroatoms. The summed E-state index contributed by atoms with van der Waals surface area (Å²) < 4.78 is 18.2. The van der Waals surface area contributed by atoms with Crippen LogP contribution in [0.1, 0.15) is 24.2 Å². The highest BCUT2D eigenvalue weighted by Crippen LogP contribution is 2.07. The first kappa shape index (κ1) is 19.3. The summed E-state index contributed by atoms with van der Waals surface area (Å²) >= 11 is 0. The molecule has 0 atom stereocenters. The number of hydrogen-bond donors (Lipinski definition) is 1. The number of hydrogen-bond acceptors (Lipinski definition) is 4. The number of benzene rings is 1. The molecule has 0 amide bonds. The maximum Gasteiger partial charge on any atom is 0.223 e. The van der Waals surface area contributed by atoms with E-state index in [-0.39, 0.29) is 29.8 Å². The number of aliphatic imine (C=N–C) groups is 1. The smallest absolute Gasteiger partial charge is 0.223 e. The van der Waals surface area contributed by atoms with E-state index in [2.05, 4.69) is 20.4 Å². The number of aromatic nitrogens is 2. The number of aryl methyl sites for hydroxylation is 1. The minimum absolute atomic E-state index is 0. The molecular formula is C15H21FIN5O. The molecular weight excluding hydrogens is 412 g/mol. The van der Waals surface area contributed by atoms with E-state index in [1.807, 2.05) is 24.9 Å². The Kier molecular flexibility index (Phi) is 7.93. The Balaban J connectivity index is 0.00000264. The fourth-order valence-electron chi connectivity index (χ4n) is 2.00. The summed E-state index contributed by atoms with van der Waals surface area (Å²) in [7, 11) is 1.90. The van der Waals surface area contributed by atoms with E-state index in [9.17, 15) is 4.39 Å². The van der Waals surface area contributed by atoms with Crippen molar-refractivity contribution in [1.29, 1.82) is 0 Å². The largest absolute Gasteiger partial charge is 0.357 e. The van der Waals surface area contributed by atoms with Crippen LogP contribution in [0.4, 0.5) is 4.39 Å². The fourth-order valence-corrected chi connectivity index (χ4v) is 2.00. The zero-order valence-corrected chi connectivity index (χ0v) is 15.7. The third-order valence-electron chi connectivity index (χ3n) is 2.95. The van der Waals surface area contributed by atoms with Crippen molar-refractivity contribution in [2.24, 2.45) is 4.99 Å². The van der Waals surface area contributed by atoms with E-state index < -0.39 is 0 Å². The molecule has 6 nitrogen and oxygen atoms in total. The van der Waals surface area contributed by atoms with Gasteiger partial charge in [-0.25, -0.2) is 9.38 Å². The first-order valence-electron chi connectivity index (χ1n) is 7.11. The average molecular weight is 433 g/mol. The lowest BCUT2D eigenvalue weighted by Gasteiger charge is -2.22. The second-order valence-electron chi connectivity index (χ2n) is 4.89. The van der Waals surface area contributed by atoms with E-state index in [1.54, 1.807) is 13.0 Å². The molecule has 126 valence electrons. The Labute approximate surface area is 152 Å². The van der Waals surface area contributed by atoms with Gasteiger partial charge in [0.1, 0.15) is 12.4 Å². The van der Waals surface area contributed by atoms with E-state index in [0.717, 1.165) is 12.1 Å². The SMILES string of the molecule is CCNC(=NCc1noc(C)n1)N(C)Cc1cccc(F)c1.I. The molecule has 2 aromatic rings. The molecule has 2 rings (SSSR count). The molecule has 0 aliphatic rings. The van der Waals surface area contributed by atoms with Crippen LogP contribution < -0.4 is 5.32 Å². The molecule has 0 aliphatic carbocycles. The minimum Gasteiger partial charge on any atom is -0.357 e. The van der Waals surface area contributed by atoms with Crippen molar-refractivity contribution < 1.29 is 8.91 Å². The van der Waals surface area contributed by atoms with Gasteiger partial charge in [-0.3, -0.25) is 0 Å². The van der Waals surface area contributed by atoms with Gasteiger partial charge in [0.2, 0.25) is 5.89 Å². The van der Waals surface area contributed by atoms with Gasteiger partial charge < -0.3 is 14.7 Å². The summed E-state index contributed by atoms with van der Waals surface area (Å²) in [5.74, 6) is 1.51. The Bertz CT molecular complexity index is 646. The first-order valence-corrected chi connectivity index (χ1v) is 7.11. The Hall–Kier alpha value is -1.71. The van der Waals surface area contributed by atoms with Gasteiger partial charge in [-0.2, -0.15) is 4.98 Å². The molecule has 0 aliphatic heterocycles. The van der Waals surface area contributed by atoms with Gasteiger partial charge in [0.15, 0.2) is 11.8 Å². The van der Waals surface area contributed by atoms with Crippen molar-refractivity contribution in [3.8, 4) is 0 Å². The normalized spacial score (nSPS) is 11.0. The van der Waals surface area contributed by atoms with E-state index in [1.165, 1.54) is 12.1 Å². The van der Waals surface area contributed by atoms with Crippen molar-refractivity contribution in [3.63, 3.8) is 0 Å². The zero-order valence-electron chi connectivity index (χ0n) is 13.4. The molecule has 1 aromatic carbocycles. The molecule has 23 heavy (non-hydrogen) atoms.